The van der Waals surface area contributed by atoms with Gasteiger partial charge in [0.15, 0.2) is 0 Å². The number of para-hydroxylation sites is 1. The Kier molecular flexibility index (Phi) is 4.04. The fourth-order valence-corrected chi connectivity index (χ4v) is 2.69. The van der Waals surface area contributed by atoms with Crippen LogP contribution in [0.15, 0.2) is 18.2 Å². The van der Waals surface area contributed by atoms with Crippen molar-refractivity contribution in [3.63, 3.8) is 0 Å². The first-order valence-electron chi connectivity index (χ1n) is 6.40. The fraction of sp³-hybridized carbons (Fsp3) is 0.429. The standard InChI is InChI=1S/C14H19N3OS/c1-10-4-3-5-12(14(15)19)13(10)17-8-6-16(7-9-17)11(2)18/h3-5H,6-9H2,1-2H3,(H2,15,19). The van der Waals surface area contributed by atoms with Crippen molar-refractivity contribution in [2.24, 2.45) is 5.73 Å². The van der Waals surface area contributed by atoms with Crippen molar-refractivity contribution >= 4 is 28.8 Å². The molecule has 0 bridgehead atoms. The van der Waals surface area contributed by atoms with Crippen LogP contribution in [0.25, 0.3) is 0 Å². The number of hydrogen-bond donors (Lipinski definition) is 1. The maximum Gasteiger partial charge on any atom is 0.219 e. The summed E-state index contributed by atoms with van der Waals surface area (Å²) in [7, 11) is 0. The summed E-state index contributed by atoms with van der Waals surface area (Å²) in [6.07, 6.45) is 0. The number of benzene rings is 1. The molecule has 2 rings (SSSR count). The van der Waals surface area contributed by atoms with Gasteiger partial charge in [0.2, 0.25) is 5.91 Å². The zero-order valence-corrected chi connectivity index (χ0v) is 12.2. The minimum absolute atomic E-state index is 0.138. The highest BCUT2D eigenvalue weighted by Crippen LogP contribution is 2.26. The lowest BCUT2D eigenvalue weighted by molar-refractivity contribution is -0.129. The second-order valence-corrected chi connectivity index (χ2v) is 5.27. The van der Waals surface area contributed by atoms with E-state index in [-0.39, 0.29) is 5.91 Å². The number of anilines is 1. The van der Waals surface area contributed by atoms with Crippen molar-refractivity contribution in [3.05, 3.63) is 29.3 Å². The van der Waals surface area contributed by atoms with Crippen molar-refractivity contribution in [3.8, 4) is 0 Å². The van der Waals surface area contributed by atoms with E-state index < -0.39 is 0 Å². The molecule has 1 aromatic carbocycles. The van der Waals surface area contributed by atoms with Crippen molar-refractivity contribution < 1.29 is 4.79 Å². The van der Waals surface area contributed by atoms with Crippen molar-refractivity contribution in [2.45, 2.75) is 13.8 Å². The third-order valence-electron chi connectivity index (χ3n) is 3.54. The van der Waals surface area contributed by atoms with Gasteiger partial charge in [0.1, 0.15) is 4.99 Å². The highest BCUT2D eigenvalue weighted by atomic mass is 32.1. The first kappa shape index (κ1) is 13.8. The average Bonchev–Trinajstić information content (AvgIpc) is 2.38. The van der Waals surface area contributed by atoms with Crippen LogP contribution in [0.3, 0.4) is 0 Å². The number of hydrogen-bond acceptors (Lipinski definition) is 3. The maximum absolute atomic E-state index is 11.4. The second-order valence-electron chi connectivity index (χ2n) is 4.83. The van der Waals surface area contributed by atoms with Gasteiger partial charge in [0.05, 0.1) is 5.69 Å². The largest absolute Gasteiger partial charge is 0.389 e. The number of nitrogens with two attached hydrogens (primary N) is 1. The predicted molar refractivity (Wildman–Crippen MR) is 81.5 cm³/mol. The molecule has 5 heteroatoms. The van der Waals surface area contributed by atoms with Crippen LogP contribution in [0, 0.1) is 6.92 Å². The number of amides is 1. The Morgan fingerprint density at radius 2 is 1.89 bits per heavy atom. The number of piperazine rings is 1. The lowest BCUT2D eigenvalue weighted by Crippen LogP contribution is -2.48. The van der Waals surface area contributed by atoms with Gasteiger partial charge in [-0.3, -0.25) is 4.79 Å². The van der Waals surface area contributed by atoms with E-state index >= 15 is 0 Å². The molecule has 1 aliphatic rings. The van der Waals surface area contributed by atoms with E-state index in [1.54, 1.807) is 6.92 Å². The molecule has 0 spiro atoms. The topological polar surface area (TPSA) is 49.6 Å². The number of carbonyl (C=O) groups excluding carboxylic acids is 1. The summed E-state index contributed by atoms with van der Waals surface area (Å²) in [5.74, 6) is 0.138. The lowest BCUT2D eigenvalue weighted by Gasteiger charge is -2.37. The minimum Gasteiger partial charge on any atom is -0.389 e. The Morgan fingerprint density at radius 1 is 1.26 bits per heavy atom. The molecule has 0 radical (unpaired) electrons. The minimum atomic E-state index is 0.138. The molecule has 1 fully saturated rings. The molecule has 0 aromatic heterocycles. The molecule has 4 nitrogen and oxygen atoms in total. The van der Waals surface area contributed by atoms with Gasteiger partial charge in [-0.25, -0.2) is 0 Å². The smallest absolute Gasteiger partial charge is 0.219 e. The van der Waals surface area contributed by atoms with E-state index in [1.165, 1.54) is 5.56 Å². The van der Waals surface area contributed by atoms with E-state index in [9.17, 15) is 4.79 Å². The average molecular weight is 277 g/mol. The summed E-state index contributed by atoms with van der Waals surface area (Å²) < 4.78 is 0. The number of thiocarbonyl (C=S) groups is 1. The number of rotatable bonds is 2. The number of aryl methyl sites for hydroxylation is 1. The molecular weight excluding hydrogens is 258 g/mol. The zero-order valence-electron chi connectivity index (χ0n) is 11.3. The summed E-state index contributed by atoms with van der Waals surface area (Å²) in [6.45, 7) is 6.82. The third-order valence-corrected chi connectivity index (χ3v) is 3.76. The SMILES string of the molecule is CC(=O)N1CCN(c2c(C)cccc2C(N)=S)CC1. The summed E-state index contributed by atoms with van der Waals surface area (Å²) in [5, 5.41) is 0. The molecule has 102 valence electrons. The fourth-order valence-electron chi connectivity index (χ4n) is 2.52. The Bertz CT molecular complexity index is 507. The zero-order chi connectivity index (χ0) is 14.0. The molecule has 1 heterocycles. The van der Waals surface area contributed by atoms with Gasteiger partial charge in [0.25, 0.3) is 0 Å². The van der Waals surface area contributed by atoms with Gasteiger partial charge in [0, 0.05) is 38.7 Å². The lowest BCUT2D eigenvalue weighted by atomic mass is 10.1. The van der Waals surface area contributed by atoms with E-state index in [1.807, 2.05) is 17.0 Å². The molecule has 19 heavy (non-hydrogen) atoms. The van der Waals surface area contributed by atoms with E-state index in [4.69, 9.17) is 18.0 Å². The van der Waals surface area contributed by atoms with Crippen molar-refractivity contribution in [1.29, 1.82) is 0 Å². The molecule has 0 aliphatic carbocycles. The van der Waals surface area contributed by atoms with Crippen molar-refractivity contribution in [1.82, 2.24) is 4.90 Å². The number of nitrogens with zero attached hydrogens (tertiary/aromatic N) is 2. The van der Waals surface area contributed by atoms with Gasteiger partial charge in [-0.2, -0.15) is 0 Å². The van der Waals surface area contributed by atoms with Crippen LogP contribution in [-0.4, -0.2) is 42.0 Å². The summed E-state index contributed by atoms with van der Waals surface area (Å²) >= 11 is 5.13. The Balaban J connectivity index is 2.24. The normalized spacial score (nSPS) is 15.5. The molecule has 1 amide bonds. The second kappa shape index (κ2) is 5.57. The summed E-state index contributed by atoms with van der Waals surface area (Å²) in [6, 6.07) is 6.00. The van der Waals surface area contributed by atoms with Crippen LogP contribution < -0.4 is 10.6 Å². The number of carbonyl (C=O) groups is 1. The molecule has 1 saturated heterocycles. The van der Waals surface area contributed by atoms with E-state index in [2.05, 4.69) is 17.9 Å². The Labute approximate surface area is 119 Å². The Morgan fingerprint density at radius 3 is 2.42 bits per heavy atom. The van der Waals surface area contributed by atoms with E-state index in [0.29, 0.717) is 4.99 Å². The summed E-state index contributed by atoms with van der Waals surface area (Å²) in [5.41, 5.74) is 9.01. The van der Waals surface area contributed by atoms with Crippen molar-refractivity contribution in [2.75, 3.05) is 31.1 Å². The van der Waals surface area contributed by atoms with Gasteiger partial charge in [-0.15, -0.1) is 0 Å². The third kappa shape index (κ3) is 2.87. The summed E-state index contributed by atoms with van der Waals surface area (Å²) in [4.78, 5) is 15.9. The first-order chi connectivity index (χ1) is 9.00. The molecule has 0 unspecified atom stereocenters. The van der Waals surface area contributed by atoms with Gasteiger partial charge in [-0.05, 0) is 18.6 Å². The maximum atomic E-state index is 11.4. The molecule has 1 aromatic rings. The van der Waals surface area contributed by atoms with Crippen LogP contribution >= 0.6 is 12.2 Å². The quantitative estimate of drug-likeness (QED) is 0.828. The van der Waals surface area contributed by atoms with Crippen LogP contribution in [0.2, 0.25) is 0 Å². The molecule has 1 aliphatic heterocycles. The highest BCUT2D eigenvalue weighted by molar-refractivity contribution is 7.80. The highest BCUT2D eigenvalue weighted by Gasteiger charge is 2.22. The van der Waals surface area contributed by atoms with Gasteiger partial charge < -0.3 is 15.5 Å². The van der Waals surface area contributed by atoms with E-state index in [0.717, 1.165) is 37.4 Å². The molecule has 2 N–H and O–H groups in total. The molecule has 0 atom stereocenters. The van der Waals surface area contributed by atoms with Gasteiger partial charge >= 0.3 is 0 Å². The van der Waals surface area contributed by atoms with Gasteiger partial charge in [-0.1, -0.05) is 24.4 Å². The predicted octanol–water partition coefficient (Wildman–Crippen LogP) is 1.30. The Hall–Kier alpha value is -1.62. The molecule has 0 saturated carbocycles. The van der Waals surface area contributed by atoms with Crippen LogP contribution in [-0.2, 0) is 4.79 Å². The monoisotopic (exact) mass is 277 g/mol. The van der Waals surface area contributed by atoms with Crippen LogP contribution in [0.4, 0.5) is 5.69 Å². The first-order valence-corrected chi connectivity index (χ1v) is 6.81. The van der Waals surface area contributed by atoms with Crippen LogP contribution in [0.1, 0.15) is 18.1 Å². The molecular formula is C14H19N3OS. The van der Waals surface area contributed by atoms with Crippen LogP contribution in [0.5, 0.6) is 0 Å².